The highest BCUT2D eigenvalue weighted by molar-refractivity contribution is 7.88. The molecule has 0 aliphatic rings. The normalized spacial score (nSPS) is 14.7. The molecule has 178 valence electrons. The van der Waals surface area contributed by atoms with Gasteiger partial charge in [0.1, 0.15) is 0 Å². The Kier molecular flexibility index (Phi) is 15.9. The molecule has 0 spiro atoms. The highest BCUT2D eigenvalue weighted by Crippen LogP contribution is 2.18. The van der Waals surface area contributed by atoms with E-state index in [1.807, 2.05) is 13.8 Å². The van der Waals surface area contributed by atoms with E-state index in [-0.39, 0.29) is 31.7 Å². The van der Waals surface area contributed by atoms with Gasteiger partial charge in [0.15, 0.2) is 5.25 Å². The number of hydrogen-bond acceptors (Lipinski definition) is 7. The summed E-state index contributed by atoms with van der Waals surface area (Å²) in [6.45, 7) is 9.95. The van der Waals surface area contributed by atoms with Gasteiger partial charge in [-0.15, -0.1) is 0 Å². The van der Waals surface area contributed by atoms with Crippen LogP contribution >= 0.6 is 0 Å². The fraction of sp³-hybridized carbons (Fsp3) is 0.909. The van der Waals surface area contributed by atoms with Gasteiger partial charge in [0.25, 0.3) is 10.1 Å². The van der Waals surface area contributed by atoms with Gasteiger partial charge in [-0.2, -0.15) is 8.42 Å². The number of ether oxygens (including phenoxy) is 2. The summed E-state index contributed by atoms with van der Waals surface area (Å²) >= 11 is 0. The molecule has 0 aromatic heterocycles. The first-order chi connectivity index (χ1) is 14.2. The lowest BCUT2D eigenvalue weighted by molar-refractivity contribution is -0.151. The Labute approximate surface area is 183 Å². The molecule has 8 heteroatoms. The summed E-state index contributed by atoms with van der Waals surface area (Å²) in [4.78, 5) is 24.8. The second-order valence-corrected chi connectivity index (χ2v) is 9.53. The zero-order valence-corrected chi connectivity index (χ0v) is 20.3. The molecule has 30 heavy (non-hydrogen) atoms. The highest BCUT2D eigenvalue weighted by atomic mass is 32.2. The zero-order valence-electron chi connectivity index (χ0n) is 19.5. The second-order valence-electron chi connectivity index (χ2n) is 7.74. The standard InChI is InChI=1S/C22H42O7S/c1-6-11-13-18(8-3)16-27-21(23)15-20(30(25,26)29-10-5)22(24)28-17-19(9-4)14-12-7-2/h18-20H,6-17H2,1-5H3. The quantitative estimate of drug-likeness (QED) is 0.222. The molecule has 0 aliphatic heterocycles. The van der Waals surface area contributed by atoms with E-state index in [1.165, 1.54) is 6.92 Å². The lowest BCUT2D eigenvalue weighted by Gasteiger charge is -2.19. The molecule has 0 aromatic rings. The number of rotatable bonds is 18. The fourth-order valence-electron chi connectivity index (χ4n) is 3.06. The average Bonchev–Trinajstić information content (AvgIpc) is 2.71. The first-order valence-corrected chi connectivity index (χ1v) is 12.9. The molecule has 3 unspecified atom stereocenters. The van der Waals surface area contributed by atoms with Gasteiger partial charge in [0.2, 0.25) is 0 Å². The van der Waals surface area contributed by atoms with E-state index in [1.54, 1.807) is 0 Å². The summed E-state index contributed by atoms with van der Waals surface area (Å²) in [5, 5.41) is -1.70. The number of carbonyl (C=O) groups is 2. The molecule has 0 rings (SSSR count). The van der Waals surface area contributed by atoms with Gasteiger partial charge in [0, 0.05) is 0 Å². The Morgan fingerprint density at radius 1 is 0.800 bits per heavy atom. The van der Waals surface area contributed by atoms with Crippen molar-refractivity contribution in [3.8, 4) is 0 Å². The Morgan fingerprint density at radius 2 is 1.30 bits per heavy atom. The first kappa shape index (κ1) is 28.9. The minimum atomic E-state index is -4.27. The van der Waals surface area contributed by atoms with Crippen molar-refractivity contribution in [1.29, 1.82) is 0 Å². The molecule has 0 bridgehead atoms. The summed E-state index contributed by atoms with van der Waals surface area (Å²) in [5.74, 6) is -1.28. The monoisotopic (exact) mass is 450 g/mol. The van der Waals surface area contributed by atoms with Crippen molar-refractivity contribution in [3.05, 3.63) is 0 Å². The first-order valence-electron chi connectivity index (χ1n) is 11.5. The minimum Gasteiger partial charge on any atom is -0.465 e. The minimum absolute atomic E-state index is 0.121. The molecule has 0 fully saturated rings. The van der Waals surface area contributed by atoms with Crippen LogP contribution in [0.15, 0.2) is 0 Å². The van der Waals surface area contributed by atoms with Crippen LogP contribution in [-0.4, -0.2) is 45.4 Å². The third-order valence-corrected chi connectivity index (χ3v) is 6.89. The SMILES string of the molecule is CCCCC(CC)COC(=O)CC(C(=O)OCC(CC)CCCC)S(=O)(=O)OCC. The van der Waals surface area contributed by atoms with E-state index in [2.05, 4.69) is 13.8 Å². The largest absolute Gasteiger partial charge is 0.465 e. The van der Waals surface area contributed by atoms with Gasteiger partial charge >= 0.3 is 11.9 Å². The maximum Gasteiger partial charge on any atom is 0.327 e. The molecule has 0 aliphatic carbocycles. The molecule has 3 atom stereocenters. The molecule has 0 saturated heterocycles. The van der Waals surface area contributed by atoms with Crippen molar-refractivity contribution in [2.75, 3.05) is 19.8 Å². The van der Waals surface area contributed by atoms with Gasteiger partial charge in [0.05, 0.1) is 26.2 Å². The third kappa shape index (κ3) is 11.9. The van der Waals surface area contributed by atoms with E-state index in [0.29, 0.717) is 0 Å². The van der Waals surface area contributed by atoms with Gasteiger partial charge in [-0.1, -0.05) is 66.2 Å². The van der Waals surface area contributed by atoms with Crippen LogP contribution < -0.4 is 0 Å². The van der Waals surface area contributed by atoms with E-state index in [4.69, 9.17) is 13.7 Å². The van der Waals surface area contributed by atoms with Crippen LogP contribution in [0.4, 0.5) is 0 Å². The summed E-state index contributed by atoms with van der Waals surface area (Å²) in [5.41, 5.74) is 0. The van der Waals surface area contributed by atoms with Crippen molar-refractivity contribution in [1.82, 2.24) is 0 Å². The molecule has 0 N–H and O–H groups in total. The van der Waals surface area contributed by atoms with Crippen LogP contribution in [0.25, 0.3) is 0 Å². The number of esters is 2. The Bertz CT molecular complexity index is 574. The van der Waals surface area contributed by atoms with Crippen LogP contribution in [0.3, 0.4) is 0 Å². The van der Waals surface area contributed by atoms with Crippen molar-refractivity contribution in [3.63, 3.8) is 0 Å². The molecule has 7 nitrogen and oxygen atoms in total. The number of hydrogen-bond donors (Lipinski definition) is 0. The van der Waals surface area contributed by atoms with E-state index in [0.717, 1.165) is 51.4 Å². The molecule has 0 amide bonds. The lowest BCUT2D eigenvalue weighted by atomic mass is 10.0. The molecule has 0 aromatic carbocycles. The zero-order chi connectivity index (χ0) is 23.0. The highest BCUT2D eigenvalue weighted by Gasteiger charge is 2.38. The summed E-state index contributed by atoms with van der Waals surface area (Å²) < 4.78 is 40.1. The molecule has 0 heterocycles. The third-order valence-electron chi connectivity index (χ3n) is 5.27. The summed E-state index contributed by atoms with van der Waals surface area (Å²) in [7, 11) is -4.27. The molecule has 0 radical (unpaired) electrons. The number of unbranched alkanes of at least 4 members (excludes halogenated alkanes) is 2. The predicted octanol–water partition coefficient (Wildman–Crippen LogP) is 4.63. The van der Waals surface area contributed by atoms with Crippen LogP contribution in [0.5, 0.6) is 0 Å². The average molecular weight is 451 g/mol. The van der Waals surface area contributed by atoms with Gasteiger partial charge in [-0.05, 0) is 31.6 Å². The molecule has 0 saturated carbocycles. The lowest BCUT2D eigenvalue weighted by Crippen LogP contribution is -2.37. The Morgan fingerprint density at radius 3 is 1.73 bits per heavy atom. The van der Waals surface area contributed by atoms with Gasteiger partial charge in [-0.25, -0.2) is 0 Å². The maximum atomic E-state index is 12.5. The van der Waals surface area contributed by atoms with Crippen LogP contribution in [0.1, 0.15) is 92.4 Å². The van der Waals surface area contributed by atoms with Crippen molar-refractivity contribution < 1.29 is 31.7 Å². The summed E-state index contributed by atoms with van der Waals surface area (Å²) in [6, 6.07) is 0. The summed E-state index contributed by atoms with van der Waals surface area (Å²) in [6.07, 6.45) is 7.09. The van der Waals surface area contributed by atoms with E-state index in [9.17, 15) is 18.0 Å². The van der Waals surface area contributed by atoms with Crippen LogP contribution in [0, 0.1) is 11.8 Å². The molecular weight excluding hydrogens is 408 g/mol. The Hall–Kier alpha value is -1.15. The van der Waals surface area contributed by atoms with Gasteiger partial charge < -0.3 is 9.47 Å². The van der Waals surface area contributed by atoms with Crippen molar-refractivity contribution in [2.45, 2.75) is 97.7 Å². The maximum absolute atomic E-state index is 12.5. The second kappa shape index (κ2) is 16.5. The fourth-order valence-corrected chi connectivity index (χ4v) is 4.20. The van der Waals surface area contributed by atoms with Gasteiger partial charge in [-0.3, -0.25) is 13.8 Å². The molecular formula is C22H42O7S. The van der Waals surface area contributed by atoms with Crippen LogP contribution in [0.2, 0.25) is 0 Å². The smallest absolute Gasteiger partial charge is 0.327 e. The topological polar surface area (TPSA) is 96.0 Å². The van der Waals surface area contributed by atoms with E-state index >= 15 is 0 Å². The van der Waals surface area contributed by atoms with Crippen LogP contribution in [-0.2, 0) is 33.4 Å². The Balaban J connectivity index is 5.00. The predicted molar refractivity (Wildman–Crippen MR) is 117 cm³/mol. The van der Waals surface area contributed by atoms with Crippen molar-refractivity contribution in [2.24, 2.45) is 11.8 Å². The van der Waals surface area contributed by atoms with E-state index < -0.39 is 33.7 Å². The van der Waals surface area contributed by atoms with Crippen molar-refractivity contribution >= 4 is 22.1 Å². The number of carbonyl (C=O) groups excluding carboxylic acids is 2.